The zero-order valence-corrected chi connectivity index (χ0v) is 7.59. The van der Waals surface area contributed by atoms with Crippen molar-refractivity contribution in [1.29, 1.82) is 0 Å². The van der Waals surface area contributed by atoms with Crippen LogP contribution < -0.4 is 0 Å². The third kappa shape index (κ3) is 1.48. The lowest BCUT2D eigenvalue weighted by atomic mass is 9.93. The molecule has 0 spiro atoms. The maximum absolute atomic E-state index is 3.95. The number of rotatable bonds is 1. The first-order valence-corrected chi connectivity index (χ1v) is 4.41. The molecular formula is C13H12. The van der Waals surface area contributed by atoms with Crippen LogP contribution in [0.25, 0.3) is 12.2 Å². The van der Waals surface area contributed by atoms with Gasteiger partial charge in [-0.15, -0.1) is 0 Å². The number of hydrogen-bond donors (Lipinski definition) is 0. The molecule has 1 aromatic carbocycles. The van der Waals surface area contributed by atoms with E-state index in [2.05, 4.69) is 43.5 Å². The minimum atomic E-state index is 0.975. The minimum Gasteiger partial charge on any atom is -0.0985 e. The number of allylic oxidation sites excluding steroid dienone is 2. The summed E-state index contributed by atoms with van der Waals surface area (Å²) < 4.78 is 0. The molecule has 0 unspecified atom stereocenters. The van der Waals surface area contributed by atoms with Crippen LogP contribution in [0.15, 0.2) is 43.0 Å². The highest BCUT2D eigenvalue weighted by Gasteiger charge is 2.05. The molecule has 1 aliphatic carbocycles. The van der Waals surface area contributed by atoms with Crippen LogP contribution in [-0.2, 0) is 6.42 Å². The summed E-state index contributed by atoms with van der Waals surface area (Å²) in [7, 11) is 0. The molecule has 0 bridgehead atoms. The van der Waals surface area contributed by atoms with Crippen molar-refractivity contribution in [2.45, 2.75) is 6.42 Å². The third-order valence-corrected chi connectivity index (χ3v) is 2.32. The maximum atomic E-state index is 3.95. The van der Waals surface area contributed by atoms with Gasteiger partial charge in [-0.1, -0.05) is 49.1 Å². The van der Waals surface area contributed by atoms with Crippen molar-refractivity contribution in [3.8, 4) is 0 Å². The second-order valence-electron chi connectivity index (χ2n) is 3.33. The van der Waals surface area contributed by atoms with Gasteiger partial charge in [0.2, 0.25) is 0 Å². The van der Waals surface area contributed by atoms with E-state index >= 15 is 0 Å². The zero-order chi connectivity index (χ0) is 9.26. The first-order chi connectivity index (χ1) is 6.29. The predicted molar refractivity (Wildman–Crippen MR) is 58.4 cm³/mol. The smallest absolute Gasteiger partial charge is 0.00257 e. The van der Waals surface area contributed by atoms with Gasteiger partial charge in [-0.25, -0.2) is 0 Å². The largest absolute Gasteiger partial charge is 0.0985 e. The van der Waals surface area contributed by atoms with E-state index in [1.165, 1.54) is 22.3 Å². The first kappa shape index (κ1) is 8.06. The molecule has 0 heterocycles. The Bertz CT molecular complexity index is 394. The standard InChI is InChI=1S/C13H12/c1-3-11-5-7-12-8-10(2)4-6-13(12)9-11/h3-7,9H,1-2,8H2. The van der Waals surface area contributed by atoms with Crippen LogP contribution >= 0.6 is 0 Å². The van der Waals surface area contributed by atoms with Gasteiger partial charge >= 0.3 is 0 Å². The van der Waals surface area contributed by atoms with Gasteiger partial charge in [-0.05, 0) is 29.2 Å². The average molecular weight is 168 g/mol. The minimum absolute atomic E-state index is 0.975. The molecule has 0 saturated carbocycles. The van der Waals surface area contributed by atoms with Crippen molar-refractivity contribution in [3.05, 3.63) is 59.7 Å². The Morgan fingerprint density at radius 3 is 2.85 bits per heavy atom. The lowest BCUT2D eigenvalue weighted by molar-refractivity contribution is 1.18. The lowest BCUT2D eigenvalue weighted by Gasteiger charge is -2.12. The van der Waals surface area contributed by atoms with Crippen LogP contribution in [0.1, 0.15) is 16.7 Å². The van der Waals surface area contributed by atoms with Gasteiger partial charge in [-0.3, -0.25) is 0 Å². The maximum Gasteiger partial charge on any atom is -0.00257 e. The van der Waals surface area contributed by atoms with Crippen LogP contribution in [0.5, 0.6) is 0 Å². The first-order valence-electron chi connectivity index (χ1n) is 4.41. The highest BCUT2D eigenvalue weighted by Crippen LogP contribution is 2.22. The van der Waals surface area contributed by atoms with Gasteiger partial charge in [-0.2, -0.15) is 0 Å². The summed E-state index contributed by atoms with van der Waals surface area (Å²) in [5, 5.41) is 0. The van der Waals surface area contributed by atoms with Crippen LogP contribution in [0.3, 0.4) is 0 Å². The molecule has 1 aromatic rings. The molecule has 13 heavy (non-hydrogen) atoms. The summed E-state index contributed by atoms with van der Waals surface area (Å²) >= 11 is 0. The molecule has 0 fully saturated rings. The Hall–Kier alpha value is -1.56. The molecule has 64 valence electrons. The van der Waals surface area contributed by atoms with Crippen molar-refractivity contribution in [2.24, 2.45) is 0 Å². The van der Waals surface area contributed by atoms with Gasteiger partial charge in [0, 0.05) is 0 Å². The number of fused-ring (bicyclic) bond motifs is 1. The fourth-order valence-corrected chi connectivity index (χ4v) is 1.57. The Morgan fingerprint density at radius 2 is 2.08 bits per heavy atom. The van der Waals surface area contributed by atoms with E-state index in [0.29, 0.717) is 0 Å². The number of hydrogen-bond acceptors (Lipinski definition) is 0. The summed E-state index contributed by atoms with van der Waals surface area (Å²) in [5.41, 5.74) is 5.01. The van der Waals surface area contributed by atoms with Crippen molar-refractivity contribution in [1.82, 2.24) is 0 Å². The second kappa shape index (κ2) is 3.06. The van der Waals surface area contributed by atoms with Crippen LogP contribution in [0.4, 0.5) is 0 Å². The molecule has 0 aromatic heterocycles. The van der Waals surface area contributed by atoms with Gasteiger partial charge < -0.3 is 0 Å². The normalized spacial score (nSPS) is 14.0. The Kier molecular flexibility index (Phi) is 1.90. The highest BCUT2D eigenvalue weighted by molar-refractivity contribution is 5.65. The van der Waals surface area contributed by atoms with E-state index in [9.17, 15) is 0 Å². The van der Waals surface area contributed by atoms with Gasteiger partial charge in [0.05, 0.1) is 0 Å². The summed E-state index contributed by atoms with van der Waals surface area (Å²) in [6, 6.07) is 6.41. The average Bonchev–Trinajstić information content (AvgIpc) is 2.17. The molecule has 0 saturated heterocycles. The summed E-state index contributed by atoms with van der Waals surface area (Å²) in [5.74, 6) is 0. The van der Waals surface area contributed by atoms with E-state index in [1.807, 2.05) is 6.08 Å². The fraction of sp³-hybridized carbons (Fsp3) is 0.0769. The molecule has 0 nitrogen and oxygen atoms in total. The van der Waals surface area contributed by atoms with Crippen molar-refractivity contribution in [2.75, 3.05) is 0 Å². The number of benzene rings is 1. The van der Waals surface area contributed by atoms with E-state index in [0.717, 1.165) is 6.42 Å². The molecule has 0 N–H and O–H groups in total. The van der Waals surface area contributed by atoms with Crippen LogP contribution in [-0.4, -0.2) is 0 Å². The Morgan fingerprint density at radius 1 is 1.23 bits per heavy atom. The molecule has 0 aliphatic heterocycles. The Labute approximate surface area is 78.9 Å². The molecule has 0 radical (unpaired) electrons. The van der Waals surface area contributed by atoms with Gasteiger partial charge in [0.1, 0.15) is 0 Å². The predicted octanol–water partition coefficient (Wildman–Crippen LogP) is 3.46. The molecular weight excluding hydrogens is 156 g/mol. The summed E-state index contributed by atoms with van der Waals surface area (Å²) in [6.45, 7) is 7.70. The molecule has 0 heteroatoms. The van der Waals surface area contributed by atoms with E-state index in [1.54, 1.807) is 0 Å². The van der Waals surface area contributed by atoms with E-state index < -0.39 is 0 Å². The molecule has 0 amide bonds. The quantitative estimate of drug-likeness (QED) is 0.602. The second-order valence-corrected chi connectivity index (χ2v) is 3.33. The van der Waals surface area contributed by atoms with Crippen LogP contribution in [0.2, 0.25) is 0 Å². The van der Waals surface area contributed by atoms with Gasteiger partial charge in [0.15, 0.2) is 0 Å². The molecule has 0 atom stereocenters. The third-order valence-electron chi connectivity index (χ3n) is 2.32. The lowest BCUT2D eigenvalue weighted by Crippen LogP contribution is -1.96. The zero-order valence-electron chi connectivity index (χ0n) is 7.59. The van der Waals surface area contributed by atoms with Crippen molar-refractivity contribution < 1.29 is 0 Å². The monoisotopic (exact) mass is 168 g/mol. The van der Waals surface area contributed by atoms with E-state index in [4.69, 9.17) is 0 Å². The van der Waals surface area contributed by atoms with Crippen LogP contribution in [0, 0.1) is 0 Å². The van der Waals surface area contributed by atoms with Crippen molar-refractivity contribution >= 4 is 12.2 Å². The summed E-state index contributed by atoms with van der Waals surface area (Å²) in [4.78, 5) is 0. The van der Waals surface area contributed by atoms with E-state index in [-0.39, 0.29) is 0 Å². The molecule has 2 rings (SSSR count). The fourth-order valence-electron chi connectivity index (χ4n) is 1.57. The topological polar surface area (TPSA) is 0 Å². The summed E-state index contributed by atoms with van der Waals surface area (Å²) in [6.07, 6.45) is 7.05. The molecule has 1 aliphatic rings. The Balaban J connectivity index is 2.51. The SMILES string of the molecule is C=Cc1ccc2c(c1)C=CC(=C)C2. The van der Waals surface area contributed by atoms with Crippen molar-refractivity contribution in [3.63, 3.8) is 0 Å². The highest BCUT2D eigenvalue weighted by atomic mass is 14.1. The van der Waals surface area contributed by atoms with Gasteiger partial charge in [0.25, 0.3) is 0 Å².